The monoisotopic (exact) mass is 516 g/mol. The summed E-state index contributed by atoms with van der Waals surface area (Å²) in [6.07, 6.45) is 2.73. The van der Waals surface area contributed by atoms with Crippen molar-refractivity contribution in [3.05, 3.63) is 107 Å². The first-order valence-corrected chi connectivity index (χ1v) is 12.8. The number of amides is 2. The molecule has 2 aromatic heterocycles. The summed E-state index contributed by atoms with van der Waals surface area (Å²) in [6.45, 7) is 1.05. The zero-order chi connectivity index (χ0) is 24.9. The highest BCUT2D eigenvalue weighted by Crippen LogP contribution is 2.25. The van der Waals surface area contributed by atoms with E-state index in [1.807, 2.05) is 90.0 Å². The van der Waals surface area contributed by atoms with Crippen LogP contribution in [-0.4, -0.2) is 34.0 Å². The number of fused-ring (bicyclic) bond motifs is 1. The van der Waals surface area contributed by atoms with Crippen molar-refractivity contribution < 1.29 is 9.53 Å². The van der Waals surface area contributed by atoms with Crippen LogP contribution in [0.25, 0.3) is 16.2 Å². The van der Waals surface area contributed by atoms with Crippen LogP contribution in [0.1, 0.15) is 11.3 Å². The summed E-state index contributed by atoms with van der Waals surface area (Å²) in [5, 5.41) is 5.82. The lowest BCUT2D eigenvalue weighted by molar-refractivity contribution is 0.209. The molecule has 2 heterocycles. The maximum atomic E-state index is 13.3. The molecule has 0 saturated heterocycles. The number of halogens is 1. The fraction of sp³-hybridized carbons (Fsp3) is 0.143. The van der Waals surface area contributed by atoms with Gasteiger partial charge in [-0.25, -0.2) is 9.78 Å². The number of aromatic nitrogens is 2. The highest BCUT2D eigenvalue weighted by Gasteiger charge is 2.17. The van der Waals surface area contributed by atoms with E-state index in [9.17, 15) is 4.79 Å². The number of nitrogens with zero attached hydrogens (tertiary/aromatic N) is 3. The zero-order valence-electron chi connectivity index (χ0n) is 19.7. The number of ether oxygens (including phenoxy) is 1. The molecule has 36 heavy (non-hydrogen) atoms. The van der Waals surface area contributed by atoms with E-state index < -0.39 is 0 Å². The smallest absolute Gasteiger partial charge is 0.322 e. The van der Waals surface area contributed by atoms with Gasteiger partial charge in [-0.1, -0.05) is 60.1 Å². The molecule has 0 aliphatic carbocycles. The Hall–Kier alpha value is -3.81. The molecule has 0 spiro atoms. The molecule has 1 N–H and O–H groups in total. The van der Waals surface area contributed by atoms with Gasteiger partial charge in [0.2, 0.25) is 0 Å². The number of thiazole rings is 1. The number of methoxy groups -OCH3 is 1. The molecule has 6 nitrogen and oxygen atoms in total. The lowest BCUT2D eigenvalue weighted by Crippen LogP contribution is -2.36. The van der Waals surface area contributed by atoms with Crippen LogP contribution in [-0.2, 0) is 13.0 Å². The molecule has 0 aliphatic rings. The van der Waals surface area contributed by atoms with Gasteiger partial charge in [0.1, 0.15) is 5.75 Å². The number of rotatable bonds is 8. The van der Waals surface area contributed by atoms with Crippen molar-refractivity contribution in [2.75, 3.05) is 19.0 Å². The number of anilines is 1. The van der Waals surface area contributed by atoms with Gasteiger partial charge in [-0.2, -0.15) is 0 Å². The second-order valence-electron chi connectivity index (χ2n) is 8.33. The zero-order valence-corrected chi connectivity index (χ0v) is 21.3. The molecule has 0 atom stereocenters. The first-order valence-electron chi connectivity index (χ1n) is 11.5. The summed E-state index contributed by atoms with van der Waals surface area (Å²) in [5.74, 6) is 0.694. The van der Waals surface area contributed by atoms with Crippen LogP contribution in [0.2, 0.25) is 5.02 Å². The lowest BCUT2D eigenvalue weighted by Gasteiger charge is -2.23. The Morgan fingerprint density at radius 2 is 1.89 bits per heavy atom. The summed E-state index contributed by atoms with van der Waals surface area (Å²) in [4.78, 5) is 20.8. The molecular weight excluding hydrogens is 492 g/mol. The summed E-state index contributed by atoms with van der Waals surface area (Å²) in [6, 6.07) is 24.9. The number of carbonyl (C=O) groups is 1. The van der Waals surface area contributed by atoms with Crippen LogP contribution in [0.5, 0.6) is 5.75 Å². The number of urea groups is 1. The first-order chi connectivity index (χ1) is 17.6. The molecule has 5 rings (SSSR count). The van der Waals surface area contributed by atoms with Crippen LogP contribution < -0.4 is 10.1 Å². The van der Waals surface area contributed by atoms with E-state index in [1.165, 1.54) is 0 Å². The van der Waals surface area contributed by atoms with E-state index in [0.29, 0.717) is 36.0 Å². The average molecular weight is 517 g/mol. The molecule has 3 aromatic carbocycles. The summed E-state index contributed by atoms with van der Waals surface area (Å²) < 4.78 is 7.40. The lowest BCUT2D eigenvalue weighted by atomic mass is 10.2. The van der Waals surface area contributed by atoms with Crippen molar-refractivity contribution in [1.29, 1.82) is 0 Å². The van der Waals surface area contributed by atoms with Gasteiger partial charge in [-0.3, -0.25) is 4.40 Å². The molecule has 182 valence electrons. The van der Waals surface area contributed by atoms with Crippen molar-refractivity contribution in [1.82, 2.24) is 14.3 Å². The highest BCUT2D eigenvalue weighted by atomic mass is 35.5. The van der Waals surface area contributed by atoms with Gasteiger partial charge < -0.3 is 15.0 Å². The number of hydrogen-bond acceptors (Lipinski definition) is 4. The van der Waals surface area contributed by atoms with E-state index in [4.69, 9.17) is 21.3 Å². The van der Waals surface area contributed by atoms with Crippen molar-refractivity contribution in [2.24, 2.45) is 0 Å². The molecule has 0 fully saturated rings. The summed E-state index contributed by atoms with van der Waals surface area (Å²) in [7, 11) is 1.61. The maximum Gasteiger partial charge on any atom is 0.322 e. The Balaban J connectivity index is 1.34. The fourth-order valence-electron chi connectivity index (χ4n) is 3.98. The van der Waals surface area contributed by atoms with Crippen molar-refractivity contribution in [3.63, 3.8) is 0 Å². The first kappa shape index (κ1) is 23.9. The third-order valence-electron chi connectivity index (χ3n) is 5.89. The van der Waals surface area contributed by atoms with Crippen LogP contribution in [0, 0.1) is 0 Å². The molecule has 0 saturated carbocycles. The molecule has 0 unspecified atom stereocenters. The van der Waals surface area contributed by atoms with Crippen LogP contribution in [0.15, 0.2) is 90.4 Å². The molecule has 5 aromatic rings. The highest BCUT2D eigenvalue weighted by molar-refractivity contribution is 7.15. The van der Waals surface area contributed by atoms with E-state index in [1.54, 1.807) is 18.4 Å². The number of imidazole rings is 1. The second kappa shape index (κ2) is 10.8. The maximum absolute atomic E-state index is 13.3. The van der Waals surface area contributed by atoms with E-state index in [2.05, 4.69) is 15.1 Å². The Morgan fingerprint density at radius 3 is 2.67 bits per heavy atom. The normalized spacial score (nSPS) is 10.9. The number of carbonyl (C=O) groups excluding carboxylic acids is 1. The van der Waals surface area contributed by atoms with Gasteiger partial charge in [0.15, 0.2) is 4.96 Å². The molecule has 2 amide bonds. The molecule has 0 bridgehead atoms. The summed E-state index contributed by atoms with van der Waals surface area (Å²) in [5.41, 5.74) is 4.79. The number of nitrogens with one attached hydrogen (secondary N) is 1. The van der Waals surface area contributed by atoms with Gasteiger partial charge in [0, 0.05) is 59.1 Å². The van der Waals surface area contributed by atoms with Gasteiger partial charge in [0.05, 0.1) is 12.8 Å². The minimum absolute atomic E-state index is 0.161. The van der Waals surface area contributed by atoms with Gasteiger partial charge >= 0.3 is 6.03 Å². The third-order valence-corrected chi connectivity index (χ3v) is 7.03. The van der Waals surface area contributed by atoms with Crippen LogP contribution >= 0.6 is 22.9 Å². The SMILES string of the molecule is COc1cccc(NC(=O)N(CCc2csc3nc(-c4ccc(Cl)cc4)cn23)Cc2ccccc2)c1. The number of benzene rings is 3. The van der Waals surface area contributed by atoms with Crippen LogP contribution in [0.4, 0.5) is 10.5 Å². The van der Waals surface area contributed by atoms with Crippen molar-refractivity contribution in [2.45, 2.75) is 13.0 Å². The topological polar surface area (TPSA) is 58.9 Å². The van der Waals surface area contributed by atoms with Crippen LogP contribution in [0.3, 0.4) is 0 Å². The summed E-state index contributed by atoms with van der Waals surface area (Å²) >= 11 is 7.63. The standard InChI is InChI=1S/C28H25ClN4O2S/c1-35-25-9-5-8-23(16-25)30-27(34)32(17-20-6-3-2-4-7-20)15-14-24-19-36-28-31-26(18-33(24)28)21-10-12-22(29)13-11-21/h2-13,16,18-19H,14-15,17H2,1H3,(H,30,34). The molecular formula is C28H25ClN4O2S. The predicted octanol–water partition coefficient (Wildman–Crippen LogP) is 7.00. The Kier molecular flexibility index (Phi) is 7.21. The largest absolute Gasteiger partial charge is 0.497 e. The van der Waals surface area contributed by atoms with Crippen molar-refractivity contribution in [3.8, 4) is 17.0 Å². The fourth-order valence-corrected chi connectivity index (χ4v) is 5.01. The second-order valence-corrected chi connectivity index (χ2v) is 9.60. The Labute approximate surface area is 218 Å². The Bertz CT molecular complexity index is 1460. The minimum atomic E-state index is -0.161. The van der Waals surface area contributed by atoms with E-state index >= 15 is 0 Å². The van der Waals surface area contributed by atoms with E-state index in [-0.39, 0.29) is 6.03 Å². The minimum Gasteiger partial charge on any atom is -0.497 e. The molecule has 0 radical (unpaired) electrons. The van der Waals surface area contributed by atoms with Gasteiger partial charge in [-0.05, 0) is 29.8 Å². The molecule has 8 heteroatoms. The Morgan fingerprint density at radius 1 is 1.08 bits per heavy atom. The van der Waals surface area contributed by atoms with Gasteiger partial charge in [-0.15, -0.1) is 11.3 Å². The number of hydrogen-bond donors (Lipinski definition) is 1. The van der Waals surface area contributed by atoms with Crippen molar-refractivity contribution >= 4 is 39.6 Å². The van der Waals surface area contributed by atoms with E-state index in [0.717, 1.165) is 27.5 Å². The van der Waals surface area contributed by atoms with Gasteiger partial charge in [0.25, 0.3) is 0 Å². The third kappa shape index (κ3) is 5.53. The average Bonchev–Trinajstić information content (AvgIpc) is 3.49. The quantitative estimate of drug-likeness (QED) is 0.241. The predicted molar refractivity (Wildman–Crippen MR) is 146 cm³/mol. The molecule has 0 aliphatic heterocycles.